The number of nitrogens with zero attached hydrogens (tertiary/aromatic N) is 5. The third-order valence-corrected chi connectivity index (χ3v) is 7.86. The molecule has 11 heteroatoms. The number of ether oxygens (including phenoxy) is 1. The molecule has 210 valence electrons. The van der Waals surface area contributed by atoms with Crippen molar-refractivity contribution in [2.45, 2.75) is 70.3 Å². The number of anilines is 3. The van der Waals surface area contributed by atoms with Crippen LogP contribution in [-0.2, 0) is 9.53 Å². The van der Waals surface area contributed by atoms with Crippen molar-refractivity contribution in [1.29, 1.82) is 0 Å². The maximum absolute atomic E-state index is 14.3. The van der Waals surface area contributed by atoms with Crippen LogP contribution in [0.4, 0.5) is 26.4 Å². The van der Waals surface area contributed by atoms with Crippen LogP contribution in [0.2, 0.25) is 0 Å². The molecule has 0 atom stereocenters. The van der Waals surface area contributed by atoms with Gasteiger partial charge in [0.25, 0.3) is 0 Å². The van der Waals surface area contributed by atoms with Gasteiger partial charge in [0, 0.05) is 31.1 Å². The molecule has 0 bridgehead atoms. The molecule has 3 aromatic rings. The fourth-order valence-corrected chi connectivity index (χ4v) is 5.73. The first-order chi connectivity index (χ1) is 19.0. The molecule has 0 unspecified atom stereocenters. The summed E-state index contributed by atoms with van der Waals surface area (Å²) in [4.78, 5) is 27.7. The van der Waals surface area contributed by atoms with Gasteiger partial charge in [-0.3, -0.25) is 9.36 Å². The Morgan fingerprint density at radius 2 is 1.64 bits per heavy atom. The number of nitrogens with one attached hydrogen (secondary N) is 1. The Bertz CT molecular complexity index is 1250. The molecule has 9 nitrogen and oxygen atoms in total. The summed E-state index contributed by atoms with van der Waals surface area (Å²) in [6, 6.07) is 3.31. The van der Waals surface area contributed by atoms with Gasteiger partial charge in [0.2, 0.25) is 17.8 Å². The first kappa shape index (κ1) is 27.2. The van der Waals surface area contributed by atoms with Crippen LogP contribution >= 0.6 is 0 Å². The topological polar surface area (TPSA) is 111 Å². The number of imidazole rings is 1. The lowest BCUT2D eigenvalue weighted by Gasteiger charge is -2.34. The number of hydrogen-bond acceptors (Lipinski definition) is 7. The molecule has 6 rings (SSSR count). The predicted molar refractivity (Wildman–Crippen MR) is 145 cm³/mol. The summed E-state index contributed by atoms with van der Waals surface area (Å²) < 4.78 is 34.9. The molecule has 1 saturated heterocycles. The molecule has 2 saturated carbocycles. The summed E-state index contributed by atoms with van der Waals surface area (Å²) in [5.41, 5.74) is 6.98. The summed E-state index contributed by atoms with van der Waals surface area (Å²) in [5.74, 6) is -0.740. The van der Waals surface area contributed by atoms with Crippen molar-refractivity contribution in [2.24, 2.45) is 5.92 Å². The van der Waals surface area contributed by atoms with E-state index in [-0.39, 0.29) is 29.5 Å². The second kappa shape index (κ2) is 12.7. The molecule has 0 radical (unpaired) electrons. The average Bonchev–Trinajstić information content (AvgIpc) is 3.33. The van der Waals surface area contributed by atoms with Crippen molar-refractivity contribution in [3.63, 3.8) is 0 Å². The van der Waals surface area contributed by atoms with Crippen LogP contribution < -0.4 is 11.1 Å². The third kappa shape index (κ3) is 6.63. The Balaban J connectivity index is 0.000000455. The number of nitrogens with two attached hydrogens (primary N) is 1. The lowest BCUT2D eigenvalue weighted by molar-refractivity contribution is -0.140. The standard InChI is InChI=1S/C22H25F2N7O2.C6H12/c23-14-3-6-17(16(24)11-14)27-22-28-18-12-26-21(25)29-19(18)31(22)15-4-1-13(2-5-15)20(32)30-7-9-33-10-8-30;1-2-4-6-5-3-1/h3,6,11-13,15H,1-2,4-5,7-10H2,(H,27,28)(H2,25,26,29);1-6H2. The lowest BCUT2D eigenvalue weighted by atomic mass is 9.85. The Labute approximate surface area is 227 Å². The van der Waals surface area contributed by atoms with E-state index in [1.165, 1.54) is 56.9 Å². The van der Waals surface area contributed by atoms with Gasteiger partial charge in [0.15, 0.2) is 5.65 Å². The van der Waals surface area contributed by atoms with Crippen molar-refractivity contribution in [3.05, 3.63) is 36.0 Å². The first-order valence-corrected chi connectivity index (χ1v) is 14.1. The molecular formula is C28H37F2N7O2. The molecule has 3 fully saturated rings. The van der Waals surface area contributed by atoms with E-state index >= 15 is 0 Å². The van der Waals surface area contributed by atoms with Gasteiger partial charge in [-0.1, -0.05) is 38.5 Å². The van der Waals surface area contributed by atoms with Gasteiger partial charge < -0.3 is 20.7 Å². The van der Waals surface area contributed by atoms with Crippen LogP contribution in [0, 0.1) is 17.6 Å². The minimum absolute atomic E-state index is 0.0101. The first-order valence-electron chi connectivity index (χ1n) is 14.1. The summed E-state index contributed by atoms with van der Waals surface area (Å²) in [7, 11) is 0. The number of aromatic nitrogens is 4. The van der Waals surface area contributed by atoms with Gasteiger partial charge in [-0.15, -0.1) is 0 Å². The van der Waals surface area contributed by atoms with Crippen LogP contribution in [0.3, 0.4) is 0 Å². The molecule has 1 amide bonds. The van der Waals surface area contributed by atoms with Crippen molar-refractivity contribution in [1.82, 2.24) is 24.4 Å². The lowest BCUT2D eigenvalue weighted by Crippen LogP contribution is -2.44. The number of amides is 1. The largest absolute Gasteiger partial charge is 0.378 e. The van der Waals surface area contributed by atoms with Crippen molar-refractivity contribution in [3.8, 4) is 0 Å². The molecule has 3 heterocycles. The molecule has 1 aromatic carbocycles. The van der Waals surface area contributed by atoms with Gasteiger partial charge in [-0.05, 0) is 37.8 Å². The van der Waals surface area contributed by atoms with E-state index in [2.05, 4.69) is 20.3 Å². The van der Waals surface area contributed by atoms with Crippen LogP contribution in [0.1, 0.15) is 70.3 Å². The van der Waals surface area contributed by atoms with E-state index in [0.717, 1.165) is 31.7 Å². The number of hydrogen-bond donors (Lipinski definition) is 2. The molecule has 3 N–H and O–H groups in total. The van der Waals surface area contributed by atoms with E-state index in [9.17, 15) is 13.6 Å². The number of fused-ring (bicyclic) bond motifs is 1. The summed E-state index contributed by atoms with van der Waals surface area (Å²) in [5, 5.41) is 2.97. The normalized spacial score (nSPS) is 21.7. The van der Waals surface area contributed by atoms with Crippen LogP contribution in [0.5, 0.6) is 0 Å². The van der Waals surface area contributed by atoms with Gasteiger partial charge in [0.05, 0.1) is 25.1 Å². The van der Waals surface area contributed by atoms with E-state index in [4.69, 9.17) is 10.5 Å². The zero-order valence-electron chi connectivity index (χ0n) is 22.2. The minimum Gasteiger partial charge on any atom is -0.378 e. The van der Waals surface area contributed by atoms with Gasteiger partial charge in [0.1, 0.15) is 17.2 Å². The van der Waals surface area contributed by atoms with Gasteiger partial charge in [-0.25, -0.2) is 18.7 Å². The van der Waals surface area contributed by atoms with Crippen molar-refractivity contribution >= 4 is 34.7 Å². The number of carbonyl (C=O) groups is 1. The monoisotopic (exact) mass is 541 g/mol. The maximum Gasteiger partial charge on any atom is 0.225 e. The fraction of sp³-hybridized carbons (Fsp3) is 0.571. The average molecular weight is 542 g/mol. The quantitative estimate of drug-likeness (QED) is 0.457. The zero-order valence-corrected chi connectivity index (χ0v) is 22.2. The molecule has 2 aliphatic carbocycles. The van der Waals surface area contributed by atoms with Crippen LogP contribution in [0.15, 0.2) is 24.4 Å². The SMILES string of the molecule is C1CCCCC1.Nc1ncc2nc(Nc3ccc(F)cc3F)n(C3CCC(C(=O)N4CCOCC4)CC3)c2n1. The highest BCUT2D eigenvalue weighted by Gasteiger charge is 2.32. The van der Waals surface area contributed by atoms with Gasteiger partial charge in [-0.2, -0.15) is 4.98 Å². The number of benzene rings is 1. The number of carbonyl (C=O) groups excluding carboxylic acids is 1. The summed E-state index contributed by atoms with van der Waals surface area (Å²) in [6.45, 7) is 2.44. The predicted octanol–water partition coefficient (Wildman–Crippen LogP) is 5.36. The van der Waals surface area contributed by atoms with Crippen molar-refractivity contribution in [2.75, 3.05) is 37.4 Å². The van der Waals surface area contributed by atoms with Gasteiger partial charge >= 0.3 is 0 Å². The second-order valence-electron chi connectivity index (χ2n) is 10.6. The summed E-state index contributed by atoms with van der Waals surface area (Å²) in [6.07, 6.45) is 13.4. The number of rotatable bonds is 4. The Morgan fingerprint density at radius 1 is 0.974 bits per heavy atom. The molecule has 0 spiro atoms. The number of halogens is 2. The molecule has 3 aliphatic rings. The highest BCUT2D eigenvalue weighted by atomic mass is 19.1. The van der Waals surface area contributed by atoms with E-state index < -0.39 is 11.6 Å². The van der Waals surface area contributed by atoms with Crippen LogP contribution in [-0.4, -0.2) is 56.6 Å². The third-order valence-electron chi connectivity index (χ3n) is 7.86. The smallest absolute Gasteiger partial charge is 0.225 e. The Kier molecular flexibility index (Phi) is 8.85. The van der Waals surface area contributed by atoms with Crippen molar-refractivity contribution < 1.29 is 18.3 Å². The minimum atomic E-state index is -0.723. The van der Waals surface area contributed by atoms with E-state index in [1.54, 1.807) is 0 Å². The highest BCUT2D eigenvalue weighted by Crippen LogP contribution is 2.38. The molecule has 1 aliphatic heterocycles. The Hall–Kier alpha value is -3.34. The fourth-order valence-electron chi connectivity index (χ4n) is 5.73. The number of nitrogen functional groups attached to an aromatic ring is 1. The molecule has 2 aromatic heterocycles. The zero-order chi connectivity index (χ0) is 27.2. The highest BCUT2D eigenvalue weighted by molar-refractivity contribution is 5.79. The maximum atomic E-state index is 14.3. The number of morpholine rings is 1. The van der Waals surface area contributed by atoms with E-state index in [1.807, 2.05) is 9.47 Å². The Morgan fingerprint density at radius 3 is 2.28 bits per heavy atom. The molecular weight excluding hydrogens is 504 g/mol. The van der Waals surface area contributed by atoms with E-state index in [0.29, 0.717) is 43.4 Å². The second-order valence-corrected chi connectivity index (χ2v) is 10.6. The summed E-state index contributed by atoms with van der Waals surface area (Å²) >= 11 is 0. The molecule has 39 heavy (non-hydrogen) atoms. The van der Waals surface area contributed by atoms with Crippen LogP contribution in [0.25, 0.3) is 11.2 Å².